The van der Waals surface area contributed by atoms with Crippen LogP contribution >= 0.6 is 0 Å². The van der Waals surface area contributed by atoms with Gasteiger partial charge in [-0.25, -0.2) is 0 Å². The largest absolute Gasteiger partial charge is 0.316 e. The van der Waals surface area contributed by atoms with E-state index in [0.717, 1.165) is 11.8 Å². The van der Waals surface area contributed by atoms with Crippen LogP contribution in [0.3, 0.4) is 0 Å². The molecular weight excluding hydrogens is 208 g/mol. The Labute approximate surface area is 107 Å². The molecule has 2 saturated heterocycles. The fourth-order valence-electron chi connectivity index (χ4n) is 4.15. The van der Waals surface area contributed by atoms with E-state index in [4.69, 9.17) is 0 Å². The number of nitrogens with one attached hydrogen (secondary N) is 1. The van der Waals surface area contributed by atoms with E-state index < -0.39 is 0 Å². The second-order valence-corrected chi connectivity index (χ2v) is 6.82. The molecule has 100 valence electrons. The van der Waals surface area contributed by atoms with Crippen LogP contribution < -0.4 is 5.32 Å². The number of likely N-dealkylation sites (tertiary alicyclic amines) is 1. The minimum Gasteiger partial charge on any atom is -0.316 e. The Morgan fingerprint density at radius 1 is 1.24 bits per heavy atom. The molecule has 2 nitrogen and oxygen atoms in total. The molecule has 0 aliphatic carbocycles. The van der Waals surface area contributed by atoms with Gasteiger partial charge in [0.1, 0.15) is 0 Å². The molecule has 1 N–H and O–H groups in total. The highest BCUT2D eigenvalue weighted by Gasteiger charge is 2.36. The molecule has 0 radical (unpaired) electrons. The summed E-state index contributed by atoms with van der Waals surface area (Å²) in [6, 6.07) is 0. The van der Waals surface area contributed by atoms with Gasteiger partial charge in [-0.1, -0.05) is 27.2 Å². The van der Waals surface area contributed by atoms with Crippen molar-refractivity contribution in [1.29, 1.82) is 0 Å². The van der Waals surface area contributed by atoms with E-state index in [2.05, 4.69) is 31.0 Å². The Morgan fingerprint density at radius 3 is 2.47 bits per heavy atom. The van der Waals surface area contributed by atoms with Gasteiger partial charge in [-0.2, -0.15) is 0 Å². The van der Waals surface area contributed by atoms with Crippen molar-refractivity contribution >= 4 is 0 Å². The summed E-state index contributed by atoms with van der Waals surface area (Å²) in [4.78, 5) is 2.75. The van der Waals surface area contributed by atoms with Gasteiger partial charge in [-0.15, -0.1) is 0 Å². The fraction of sp³-hybridized carbons (Fsp3) is 1.00. The topological polar surface area (TPSA) is 15.3 Å². The number of nitrogens with zero attached hydrogens (tertiary/aromatic N) is 1. The predicted octanol–water partition coefficient (Wildman–Crippen LogP) is 2.74. The maximum atomic E-state index is 3.58. The standard InChI is InChI=1S/C15H30N2/c1-4-5-15(6-7-16-11-15)12-17-9-13(2)8-14(3)10-17/h13-14,16H,4-12H2,1-3H3. The average molecular weight is 238 g/mol. The number of piperidine rings is 1. The van der Waals surface area contributed by atoms with Crippen molar-refractivity contribution < 1.29 is 0 Å². The van der Waals surface area contributed by atoms with E-state index in [1.54, 1.807) is 0 Å². The van der Waals surface area contributed by atoms with Gasteiger partial charge in [0.15, 0.2) is 0 Å². The van der Waals surface area contributed by atoms with Crippen molar-refractivity contribution in [2.45, 2.75) is 46.5 Å². The molecule has 0 aromatic carbocycles. The predicted molar refractivity (Wildman–Crippen MR) is 74.2 cm³/mol. The minimum absolute atomic E-state index is 0.589. The number of hydrogen-bond acceptors (Lipinski definition) is 2. The van der Waals surface area contributed by atoms with Crippen molar-refractivity contribution in [2.75, 3.05) is 32.7 Å². The molecule has 2 heterocycles. The Kier molecular flexibility index (Phi) is 4.48. The fourth-order valence-corrected chi connectivity index (χ4v) is 4.15. The first kappa shape index (κ1) is 13.4. The maximum Gasteiger partial charge on any atom is 0.00508 e. The van der Waals surface area contributed by atoms with Crippen LogP contribution in [0, 0.1) is 17.3 Å². The summed E-state index contributed by atoms with van der Waals surface area (Å²) in [7, 11) is 0. The molecule has 0 saturated carbocycles. The third-order valence-corrected chi connectivity index (χ3v) is 4.62. The van der Waals surface area contributed by atoms with E-state index in [1.165, 1.54) is 58.4 Å². The third kappa shape index (κ3) is 3.45. The Balaban J connectivity index is 1.93. The van der Waals surface area contributed by atoms with Gasteiger partial charge in [-0.3, -0.25) is 0 Å². The zero-order valence-electron chi connectivity index (χ0n) is 12.0. The normalized spacial score (nSPS) is 39.7. The lowest BCUT2D eigenvalue weighted by molar-refractivity contribution is 0.0849. The summed E-state index contributed by atoms with van der Waals surface area (Å²) < 4.78 is 0. The first-order valence-electron chi connectivity index (χ1n) is 7.56. The van der Waals surface area contributed by atoms with Gasteiger partial charge in [0, 0.05) is 26.2 Å². The van der Waals surface area contributed by atoms with Gasteiger partial charge in [0.2, 0.25) is 0 Å². The van der Waals surface area contributed by atoms with Crippen LogP contribution in [0.5, 0.6) is 0 Å². The summed E-state index contributed by atoms with van der Waals surface area (Å²) in [5.41, 5.74) is 0.589. The van der Waals surface area contributed by atoms with Crippen LogP contribution in [0.4, 0.5) is 0 Å². The summed E-state index contributed by atoms with van der Waals surface area (Å²) >= 11 is 0. The van der Waals surface area contributed by atoms with Crippen molar-refractivity contribution in [3.8, 4) is 0 Å². The molecule has 0 bridgehead atoms. The highest BCUT2D eigenvalue weighted by Crippen LogP contribution is 2.34. The SMILES string of the molecule is CCCC1(CN2CC(C)CC(C)C2)CCNC1. The van der Waals surface area contributed by atoms with Gasteiger partial charge in [-0.05, 0) is 43.1 Å². The molecule has 2 heteroatoms. The highest BCUT2D eigenvalue weighted by atomic mass is 15.2. The van der Waals surface area contributed by atoms with Crippen molar-refractivity contribution in [2.24, 2.45) is 17.3 Å². The molecular formula is C15H30N2. The first-order valence-corrected chi connectivity index (χ1v) is 7.56. The lowest BCUT2D eigenvalue weighted by Gasteiger charge is -2.40. The van der Waals surface area contributed by atoms with Crippen molar-refractivity contribution in [3.63, 3.8) is 0 Å². The van der Waals surface area contributed by atoms with Crippen LogP contribution in [0.25, 0.3) is 0 Å². The van der Waals surface area contributed by atoms with Crippen LogP contribution in [-0.2, 0) is 0 Å². The second kappa shape index (κ2) is 5.71. The van der Waals surface area contributed by atoms with Crippen LogP contribution in [-0.4, -0.2) is 37.6 Å². The molecule has 17 heavy (non-hydrogen) atoms. The Bertz CT molecular complexity index is 223. The molecule has 2 fully saturated rings. The maximum absolute atomic E-state index is 3.58. The van der Waals surface area contributed by atoms with Crippen LogP contribution in [0.15, 0.2) is 0 Å². The Hall–Kier alpha value is -0.0800. The van der Waals surface area contributed by atoms with E-state index in [-0.39, 0.29) is 0 Å². The summed E-state index contributed by atoms with van der Waals surface area (Å²) in [5.74, 6) is 1.79. The van der Waals surface area contributed by atoms with E-state index >= 15 is 0 Å². The first-order chi connectivity index (χ1) is 8.13. The Morgan fingerprint density at radius 2 is 1.94 bits per heavy atom. The monoisotopic (exact) mass is 238 g/mol. The van der Waals surface area contributed by atoms with Crippen LogP contribution in [0.2, 0.25) is 0 Å². The summed E-state index contributed by atoms with van der Waals surface area (Å²) in [5, 5.41) is 3.58. The van der Waals surface area contributed by atoms with Gasteiger partial charge in [0.25, 0.3) is 0 Å². The zero-order chi connectivity index (χ0) is 12.3. The summed E-state index contributed by atoms with van der Waals surface area (Å²) in [6.07, 6.45) is 5.55. The molecule has 2 aliphatic rings. The molecule has 2 rings (SSSR count). The van der Waals surface area contributed by atoms with Gasteiger partial charge < -0.3 is 10.2 Å². The van der Waals surface area contributed by atoms with Crippen LogP contribution in [0.1, 0.15) is 46.5 Å². The van der Waals surface area contributed by atoms with E-state index in [9.17, 15) is 0 Å². The molecule has 3 unspecified atom stereocenters. The van der Waals surface area contributed by atoms with Gasteiger partial charge >= 0.3 is 0 Å². The molecule has 0 aromatic heterocycles. The van der Waals surface area contributed by atoms with Crippen molar-refractivity contribution in [1.82, 2.24) is 10.2 Å². The lowest BCUT2D eigenvalue weighted by atomic mass is 9.80. The molecule has 0 aromatic rings. The highest BCUT2D eigenvalue weighted by molar-refractivity contribution is 4.91. The molecule has 2 aliphatic heterocycles. The average Bonchev–Trinajstić information content (AvgIpc) is 2.65. The third-order valence-electron chi connectivity index (χ3n) is 4.62. The second-order valence-electron chi connectivity index (χ2n) is 6.82. The van der Waals surface area contributed by atoms with E-state index in [1.807, 2.05) is 0 Å². The molecule has 0 amide bonds. The zero-order valence-corrected chi connectivity index (χ0v) is 12.0. The van der Waals surface area contributed by atoms with Gasteiger partial charge in [0.05, 0.1) is 0 Å². The molecule has 0 spiro atoms. The minimum atomic E-state index is 0.589. The lowest BCUT2D eigenvalue weighted by Crippen LogP contribution is -2.46. The number of hydrogen-bond donors (Lipinski definition) is 1. The molecule has 3 atom stereocenters. The quantitative estimate of drug-likeness (QED) is 0.810. The number of rotatable bonds is 4. The summed E-state index contributed by atoms with van der Waals surface area (Å²) in [6.45, 7) is 13.7. The van der Waals surface area contributed by atoms with E-state index in [0.29, 0.717) is 5.41 Å². The smallest absolute Gasteiger partial charge is 0.00508 e. The van der Waals surface area contributed by atoms with Crippen molar-refractivity contribution in [3.05, 3.63) is 0 Å².